The molecule has 2 N–H and O–H groups in total. The highest BCUT2D eigenvalue weighted by atomic mass is 19.1. The Morgan fingerprint density at radius 1 is 0.976 bits per heavy atom. The molecular weight excluding hydrogens is 531 g/mol. The van der Waals surface area contributed by atoms with E-state index >= 15 is 0 Å². The molecule has 7 rings (SSSR count). The molecule has 0 saturated carbocycles. The maximum Gasteiger partial charge on any atom is 0.332 e. The first kappa shape index (κ1) is 26.2. The zero-order valence-electron chi connectivity index (χ0n) is 23.1. The summed E-state index contributed by atoms with van der Waals surface area (Å²) in [7, 11) is 0. The number of H-pyrrole nitrogens is 1. The molecule has 4 amide bonds. The van der Waals surface area contributed by atoms with Crippen molar-refractivity contribution in [3.63, 3.8) is 0 Å². The molecule has 0 bridgehead atoms. The lowest BCUT2D eigenvalue weighted by atomic mass is 9.89. The van der Waals surface area contributed by atoms with Gasteiger partial charge in [0, 0.05) is 29.6 Å². The molecule has 3 aliphatic rings. The van der Waals surface area contributed by atoms with E-state index in [1.807, 2.05) is 24.3 Å². The minimum absolute atomic E-state index is 0.266. The maximum absolute atomic E-state index is 14.2. The lowest BCUT2D eigenvalue weighted by Gasteiger charge is -2.36. The number of aromatic amines is 1. The summed E-state index contributed by atoms with van der Waals surface area (Å²) in [6, 6.07) is 18.8. The fourth-order valence-corrected chi connectivity index (χ4v) is 6.71. The van der Waals surface area contributed by atoms with Gasteiger partial charge in [0.25, 0.3) is 11.8 Å². The predicted octanol–water partition coefficient (Wildman–Crippen LogP) is 6.41. The second-order valence-electron chi connectivity index (χ2n) is 11.2. The van der Waals surface area contributed by atoms with E-state index in [1.54, 1.807) is 41.3 Å². The highest BCUT2D eigenvalue weighted by Crippen LogP contribution is 2.45. The Bertz CT molecular complexity index is 1740. The van der Waals surface area contributed by atoms with Crippen LogP contribution in [0, 0.1) is 5.82 Å². The number of halogens is 1. The highest BCUT2D eigenvalue weighted by Gasteiger charge is 2.53. The summed E-state index contributed by atoms with van der Waals surface area (Å²) in [5.74, 6) is -1.08. The number of benzene rings is 3. The Morgan fingerprint density at radius 3 is 2.57 bits per heavy atom. The van der Waals surface area contributed by atoms with Crippen LogP contribution in [0.4, 0.5) is 14.9 Å². The van der Waals surface area contributed by atoms with Crippen molar-refractivity contribution in [2.24, 2.45) is 0 Å². The predicted molar refractivity (Wildman–Crippen MR) is 159 cm³/mol. The summed E-state index contributed by atoms with van der Waals surface area (Å²) in [5.41, 5.74) is 5.29. The number of nitrogens with one attached hydrogen (secondary N) is 2. The zero-order chi connectivity index (χ0) is 28.8. The van der Waals surface area contributed by atoms with Crippen LogP contribution in [0.15, 0.2) is 84.4 Å². The number of aromatic nitrogens is 1. The number of para-hydroxylation sites is 2. The van der Waals surface area contributed by atoms with Crippen LogP contribution in [0.2, 0.25) is 0 Å². The van der Waals surface area contributed by atoms with Crippen LogP contribution in [-0.2, 0) is 11.2 Å². The number of hydrogen-bond acceptors (Lipinski definition) is 3. The molecule has 8 heteroatoms. The zero-order valence-corrected chi connectivity index (χ0v) is 23.1. The van der Waals surface area contributed by atoms with E-state index in [0.717, 1.165) is 46.3 Å². The Labute approximate surface area is 243 Å². The van der Waals surface area contributed by atoms with Gasteiger partial charge in [-0.25, -0.2) is 14.1 Å². The molecule has 0 radical (unpaired) electrons. The SMILES string of the molecule is O=C(NCCC1=CCCCC1)c1ccccc1N1C(=O)[C@@H]2Cc3c([nH]c4ccccc34)[C@@H](c3ccc(F)cc3)N2C1=O. The first-order chi connectivity index (χ1) is 20.5. The highest BCUT2D eigenvalue weighted by molar-refractivity contribution is 6.24. The van der Waals surface area contributed by atoms with Gasteiger partial charge in [-0.15, -0.1) is 0 Å². The molecule has 2 atom stereocenters. The molecule has 1 saturated heterocycles. The number of carbonyl (C=O) groups excluding carboxylic acids is 3. The van der Waals surface area contributed by atoms with Crippen molar-refractivity contribution in [3.05, 3.63) is 113 Å². The molecule has 212 valence electrons. The molecule has 3 heterocycles. The van der Waals surface area contributed by atoms with Crippen molar-refractivity contribution in [2.45, 2.75) is 50.6 Å². The van der Waals surface area contributed by atoms with Crippen molar-refractivity contribution in [2.75, 3.05) is 11.4 Å². The minimum atomic E-state index is -0.770. The Balaban J connectivity index is 1.24. The number of hydrogen-bond donors (Lipinski definition) is 2. The summed E-state index contributed by atoms with van der Waals surface area (Å²) in [5, 5.41) is 3.98. The van der Waals surface area contributed by atoms with Gasteiger partial charge in [-0.05, 0) is 73.6 Å². The lowest BCUT2D eigenvalue weighted by Crippen LogP contribution is -2.44. The van der Waals surface area contributed by atoms with Gasteiger partial charge in [-0.2, -0.15) is 0 Å². The molecule has 1 aliphatic carbocycles. The van der Waals surface area contributed by atoms with Crippen LogP contribution in [0.1, 0.15) is 65.3 Å². The number of urea groups is 1. The maximum atomic E-state index is 14.2. The second kappa shape index (κ2) is 10.6. The number of carbonyl (C=O) groups is 3. The quantitative estimate of drug-likeness (QED) is 0.210. The standard InChI is InChI=1S/C34H31FN4O3/c35-23-16-14-22(15-17-23)31-30-26(24-10-4-6-12-27(24)37-30)20-29-33(41)39(34(42)38(29)31)28-13-7-5-11-25(28)32(40)36-19-18-21-8-2-1-3-9-21/h4-8,10-17,29,31,37H,1-3,9,18-20H2,(H,36,40)/t29-,31+/m0/s1. The molecule has 1 fully saturated rings. The van der Waals surface area contributed by atoms with E-state index in [4.69, 9.17) is 0 Å². The fraction of sp³-hybridized carbons (Fsp3) is 0.265. The molecule has 3 aromatic carbocycles. The molecule has 0 spiro atoms. The first-order valence-corrected chi connectivity index (χ1v) is 14.6. The summed E-state index contributed by atoms with van der Waals surface area (Å²) in [4.78, 5) is 47.9. The van der Waals surface area contributed by atoms with E-state index in [-0.39, 0.29) is 28.9 Å². The van der Waals surface area contributed by atoms with Crippen molar-refractivity contribution in [1.82, 2.24) is 15.2 Å². The summed E-state index contributed by atoms with van der Waals surface area (Å²) < 4.78 is 13.9. The van der Waals surface area contributed by atoms with Crippen molar-refractivity contribution in [1.29, 1.82) is 0 Å². The van der Waals surface area contributed by atoms with Crippen LogP contribution in [0.5, 0.6) is 0 Å². The van der Waals surface area contributed by atoms with Gasteiger partial charge < -0.3 is 10.3 Å². The second-order valence-corrected chi connectivity index (χ2v) is 11.2. The number of imide groups is 1. The summed E-state index contributed by atoms with van der Waals surface area (Å²) in [6.45, 7) is 0.490. The molecule has 2 aliphatic heterocycles. The van der Waals surface area contributed by atoms with Gasteiger partial charge in [0.05, 0.1) is 11.3 Å². The number of anilines is 1. The number of fused-ring (bicyclic) bond motifs is 4. The van der Waals surface area contributed by atoms with Gasteiger partial charge in [-0.1, -0.05) is 54.1 Å². The topological polar surface area (TPSA) is 85.5 Å². The Hall–Kier alpha value is -4.72. The largest absolute Gasteiger partial charge is 0.356 e. The van der Waals surface area contributed by atoms with E-state index in [1.165, 1.54) is 30.5 Å². The van der Waals surface area contributed by atoms with E-state index in [9.17, 15) is 18.8 Å². The van der Waals surface area contributed by atoms with Gasteiger partial charge >= 0.3 is 6.03 Å². The molecule has 4 aromatic rings. The van der Waals surface area contributed by atoms with E-state index in [2.05, 4.69) is 16.4 Å². The summed E-state index contributed by atoms with van der Waals surface area (Å²) in [6.07, 6.45) is 7.92. The van der Waals surface area contributed by atoms with Crippen molar-refractivity contribution in [3.8, 4) is 0 Å². The Kier molecular flexibility index (Phi) is 6.61. The van der Waals surface area contributed by atoms with Crippen molar-refractivity contribution < 1.29 is 18.8 Å². The third-order valence-electron chi connectivity index (χ3n) is 8.74. The average molecular weight is 563 g/mol. The number of amides is 4. The van der Waals surface area contributed by atoms with Gasteiger partial charge in [0.15, 0.2) is 0 Å². The molecule has 1 aromatic heterocycles. The molecule has 42 heavy (non-hydrogen) atoms. The van der Waals surface area contributed by atoms with Crippen molar-refractivity contribution >= 4 is 34.4 Å². The van der Waals surface area contributed by atoms with Crippen LogP contribution in [0.25, 0.3) is 10.9 Å². The van der Waals surface area contributed by atoms with Crippen LogP contribution >= 0.6 is 0 Å². The van der Waals surface area contributed by atoms with E-state index in [0.29, 0.717) is 18.5 Å². The van der Waals surface area contributed by atoms with Crippen LogP contribution in [0.3, 0.4) is 0 Å². The van der Waals surface area contributed by atoms with Gasteiger partial charge in [0.1, 0.15) is 17.9 Å². The number of nitrogens with zero attached hydrogens (tertiary/aromatic N) is 2. The van der Waals surface area contributed by atoms with Crippen LogP contribution in [-0.4, -0.2) is 40.3 Å². The number of rotatable bonds is 6. The average Bonchev–Trinajstić information content (AvgIpc) is 3.51. The molecule has 7 nitrogen and oxygen atoms in total. The number of allylic oxidation sites excluding steroid dienone is 1. The van der Waals surface area contributed by atoms with Gasteiger partial charge in [0.2, 0.25) is 0 Å². The summed E-state index contributed by atoms with van der Waals surface area (Å²) >= 11 is 0. The first-order valence-electron chi connectivity index (χ1n) is 14.6. The Morgan fingerprint density at radius 2 is 1.76 bits per heavy atom. The monoisotopic (exact) mass is 562 g/mol. The normalized spacial score (nSPS) is 20.0. The third-order valence-corrected chi connectivity index (χ3v) is 8.74. The molecule has 0 unspecified atom stereocenters. The minimum Gasteiger partial charge on any atom is -0.356 e. The van der Waals surface area contributed by atoms with E-state index < -0.39 is 18.1 Å². The fourth-order valence-electron chi connectivity index (χ4n) is 6.71. The smallest absolute Gasteiger partial charge is 0.332 e. The van der Waals surface area contributed by atoms with Crippen LogP contribution < -0.4 is 10.2 Å². The lowest BCUT2D eigenvalue weighted by molar-refractivity contribution is -0.120. The molecular formula is C34H31FN4O3. The third kappa shape index (κ3) is 4.38. The van der Waals surface area contributed by atoms with Gasteiger partial charge in [-0.3, -0.25) is 14.5 Å².